The van der Waals surface area contributed by atoms with Gasteiger partial charge in [-0.15, -0.1) is 0 Å². The van der Waals surface area contributed by atoms with E-state index in [2.05, 4.69) is 62.8 Å². The Morgan fingerprint density at radius 2 is 1.75 bits per heavy atom. The summed E-state index contributed by atoms with van der Waals surface area (Å²) in [5.74, 6) is 0.836. The topological polar surface area (TPSA) is 0 Å². The highest BCUT2D eigenvalue weighted by molar-refractivity contribution is 14.1. The van der Waals surface area contributed by atoms with Crippen molar-refractivity contribution in [3.8, 4) is 0 Å². The average Bonchev–Trinajstić information content (AvgIpc) is 2.48. The third kappa shape index (κ3) is 3.73. The van der Waals surface area contributed by atoms with Gasteiger partial charge in [-0.25, -0.2) is 0 Å². The number of hydrogen-bond acceptors (Lipinski definition) is 0. The van der Waals surface area contributed by atoms with Crippen LogP contribution in [0.4, 0.5) is 0 Å². The molecule has 1 aliphatic rings. The molecule has 1 saturated carbocycles. The Balaban J connectivity index is 1.99. The molecule has 0 saturated heterocycles. The molecule has 0 aromatic heterocycles. The summed E-state index contributed by atoms with van der Waals surface area (Å²) in [5, 5.41) is 0. The predicted octanol–water partition coefficient (Wildman–Crippen LogP) is 5.18. The minimum absolute atomic E-state index is 0.731. The van der Waals surface area contributed by atoms with Gasteiger partial charge in [0.1, 0.15) is 0 Å². The van der Waals surface area contributed by atoms with Gasteiger partial charge in [0.25, 0.3) is 0 Å². The molecule has 0 spiro atoms. The first-order chi connectivity index (χ1) is 7.75. The SMILES string of the molecule is BrC1CCCCCC1Cc1ccc(I)cc1. The maximum absolute atomic E-state index is 3.88. The van der Waals surface area contributed by atoms with Crippen molar-refractivity contribution in [3.05, 3.63) is 33.4 Å². The van der Waals surface area contributed by atoms with Crippen LogP contribution in [0.3, 0.4) is 0 Å². The van der Waals surface area contributed by atoms with Crippen molar-refractivity contribution in [1.29, 1.82) is 0 Å². The summed E-state index contributed by atoms with van der Waals surface area (Å²) in [7, 11) is 0. The van der Waals surface area contributed by atoms with Crippen molar-refractivity contribution in [2.45, 2.75) is 43.4 Å². The molecule has 0 N–H and O–H groups in total. The molecule has 0 nitrogen and oxygen atoms in total. The molecule has 1 aromatic carbocycles. The van der Waals surface area contributed by atoms with Crippen LogP contribution in [0.2, 0.25) is 0 Å². The summed E-state index contributed by atoms with van der Waals surface area (Å²) >= 11 is 6.24. The van der Waals surface area contributed by atoms with Gasteiger partial charge in [0.2, 0.25) is 0 Å². The summed E-state index contributed by atoms with van der Waals surface area (Å²) in [6, 6.07) is 9.00. The third-order valence-corrected chi connectivity index (χ3v) is 5.40. The minimum atomic E-state index is 0.731. The molecule has 88 valence electrons. The largest absolute Gasteiger partial charge is 0.0888 e. The van der Waals surface area contributed by atoms with E-state index in [0.717, 1.165) is 10.7 Å². The van der Waals surface area contributed by atoms with Crippen LogP contribution in [0.5, 0.6) is 0 Å². The molecule has 2 unspecified atom stereocenters. The zero-order valence-corrected chi connectivity index (χ0v) is 13.2. The molecule has 0 bridgehead atoms. The molecule has 1 aliphatic carbocycles. The fourth-order valence-corrected chi connectivity index (χ4v) is 3.63. The normalized spacial score (nSPS) is 26.4. The molecule has 1 aromatic rings. The lowest BCUT2D eigenvalue weighted by Crippen LogP contribution is -2.15. The predicted molar refractivity (Wildman–Crippen MR) is 82.2 cm³/mol. The van der Waals surface area contributed by atoms with Gasteiger partial charge in [-0.3, -0.25) is 0 Å². The molecule has 0 heterocycles. The second kappa shape index (κ2) is 6.39. The quantitative estimate of drug-likeness (QED) is 0.369. The minimum Gasteiger partial charge on any atom is -0.0888 e. The number of halogens is 2. The lowest BCUT2D eigenvalue weighted by molar-refractivity contribution is 0.475. The van der Waals surface area contributed by atoms with Crippen LogP contribution in [-0.4, -0.2) is 4.83 Å². The van der Waals surface area contributed by atoms with E-state index in [1.165, 1.54) is 47.7 Å². The molecule has 0 radical (unpaired) electrons. The van der Waals surface area contributed by atoms with Gasteiger partial charge < -0.3 is 0 Å². The zero-order chi connectivity index (χ0) is 11.4. The van der Waals surface area contributed by atoms with Crippen LogP contribution in [0.15, 0.2) is 24.3 Å². The Morgan fingerprint density at radius 3 is 2.50 bits per heavy atom. The first kappa shape index (κ1) is 12.9. The van der Waals surface area contributed by atoms with Crippen molar-refractivity contribution in [3.63, 3.8) is 0 Å². The summed E-state index contributed by atoms with van der Waals surface area (Å²) in [4.78, 5) is 0.731. The Hall–Kier alpha value is 0.430. The first-order valence-corrected chi connectivity index (χ1v) is 8.13. The van der Waals surface area contributed by atoms with Gasteiger partial charge in [-0.1, -0.05) is 47.3 Å². The average molecular weight is 393 g/mol. The smallest absolute Gasteiger partial charge is 0.0177 e. The van der Waals surface area contributed by atoms with Crippen LogP contribution >= 0.6 is 38.5 Å². The molecule has 16 heavy (non-hydrogen) atoms. The summed E-state index contributed by atoms with van der Waals surface area (Å²) in [6.07, 6.45) is 8.23. The zero-order valence-electron chi connectivity index (χ0n) is 9.46. The van der Waals surface area contributed by atoms with Gasteiger partial charge in [0.15, 0.2) is 0 Å². The van der Waals surface area contributed by atoms with E-state index in [1.54, 1.807) is 0 Å². The lowest BCUT2D eigenvalue weighted by atomic mass is 9.92. The van der Waals surface area contributed by atoms with Crippen LogP contribution in [0, 0.1) is 9.49 Å². The molecule has 0 aliphatic heterocycles. The highest BCUT2D eigenvalue weighted by Crippen LogP contribution is 2.31. The van der Waals surface area contributed by atoms with E-state index in [0.29, 0.717) is 0 Å². The van der Waals surface area contributed by atoms with Crippen molar-refractivity contribution in [1.82, 2.24) is 0 Å². The number of hydrogen-bond donors (Lipinski definition) is 0. The van der Waals surface area contributed by atoms with Gasteiger partial charge in [0.05, 0.1) is 0 Å². The summed E-state index contributed by atoms with van der Waals surface area (Å²) in [6.45, 7) is 0. The van der Waals surface area contributed by atoms with E-state index in [-0.39, 0.29) is 0 Å². The van der Waals surface area contributed by atoms with Crippen LogP contribution in [0.1, 0.15) is 37.7 Å². The van der Waals surface area contributed by atoms with Crippen molar-refractivity contribution >= 4 is 38.5 Å². The van der Waals surface area contributed by atoms with Gasteiger partial charge in [-0.05, 0) is 65.5 Å². The Morgan fingerprint density at radius 1 is 1.06 bits per heavy atom. The monoisotopic (exact) mass is 392 g/mol. The number of benzene rings is 1. The van der Waals surface area contributed by atoms with E-state index in [9.17, 15) is 0 Å². The van der Waals surface area contributed by atoms with Gasteiger partial charge >= 0.3 is 0 Å². The van der Waals surface area contributed by atoms with Gasteiger partial charge in [-0.2, -0.15) is 0 Å². The van der Waals surface area contributed by atoms with Crippen LogP contribution in [0.25, 0.3) is 0 Å². The molecule has 0 amide bonds. The van der Waals surface area contributed by atoms with Crippen molar-refractivity contribution < 1.29 is 0 Å². The van der Waals surface area contributed by atoms with Gasteiger partial charge in [0, 0.05) is 8.40 Å². The second-order valence-electron chi connectivity index (χ2n) is 4.74. The van der Waals surface area contributed by atoms with Crippen LogP contribution < -0.4 is 0 Å². The Kier molecular flexibility index (Phi) is 5.14. The van der Waals surface area contributed by atoms with Crippen molar-refractivity contribution in [2.75, 3.05) is 0 Å². The lowest BCUT2D eigenvalue weighted by Gasteiger charge is -2.19. The number of alkyl halides is 1. The number of rotatable bonds is 2. The second-order valence-corrected chi connectivity index (χ2v) is 7.17. The Bertz CT molecular complexity index is 320. The van der Waals surface area contributed by atoms with E-state index >= 15 is 0 Å². The fourth-order valence-electron chi connectivity index (χ4n) is 2.49. The van der Waals surface area contributed by atoms with E-state index in [1.807, 2.05) is 0 Å². The molecule has 2 atom stereocenters. The molecule has 2 heteroatoms. The highest BCUT2D eigenvalue weighted by atomic mass is 127. The Labute approximate surface area is 120 Å². The summed E-state index contributed by atoms with van der Waals surface area (Å²) < 4.78 is 1.33. The maximum Gasteiger partial charge on any atom is 0.0177 e. The first-order valence-electron chi connectivity index (χ1n) is 6.14. The van der Waals surface area contributed by atoms with Crippen molar-refractivity contribution in [2.24, 2.45) is 5.92 Å². The van der Waals surface area contributed by atoms with Crippen LogP contribution in [-0.2, 0) is 6.42 Å². The fraction of sp³-hybridized carbons (Fsp3) is 0.571. The highest BCUT2D eigenvalue weighted by Gasteiger charge is 2.21. The maximum atomic E-state index is 3.88. The summed E-state index contributed by atoms with van der Waals surface area (Å²) in [5.41, 5.74) is 1.50. The van der Waals surface area contributed by atoms with E-state index in [4.69, 9.17) is 0 Å². The molecule has 2 rings (SSSR count). The molecule has 1 fully saturated rings. The van der Waals surface area contributed by atoms with E-state index < -0.39 is 0 Å². The molecular weight excluding hydrogens is 375 g/mol. The third-order valence-electron chi connectivity index (χ3n) is 3.48. The standard InChI is InChI=1S/C14H18BrI/c15-14-5-3-1-2-4-12(14)10-11-6-8-13(16)9-7-11/h6-9,12,14H,1-5,10H2. The molecular formula is C14H18BrI.